The van der Waals surface area contributed by atoms with Crippen LogP contribution in [0.1, 0.15) is 30.4 Å². The van der Waals surface area contributed by atoms with Crippen LogP contribution in [0.25, 0.3) is 0 Å². The molecule has 0 saturated heterocycles. The summed E-state index contributed by atoms with van der Waals surface area (Å²) in [5.74, 6) is 1.36. The van der Waals surface area contributed by atoms with Gasteiger partial charge in [-0.25, -0.2) is 0 Å². The lowest BCUT2D eigenvalue weighted by atomic mass is 9.87. The second-order valence-corrected chi connectivity index (χ2v) is 6.86. The number of aryl methyl sites for hydroxylation is 1. The van der Waals surface area contributed by atoms with Crippen LogP contribution in [0.5, 0.6) is 11.5 Å². The summed E-state index contributed by atoms with van der Waals surface area (Å²) in [7, 11) is 0. The van der Waals surface area contributed by atoms with Crippen molar-refractivity contribution in [1.82, 2.24) is 0 Å². The number of benzene rings is 2. The number of rotatable bonds is 6. The number of aliphatic hydroxyl groups is 1. The molecule has 1 N–H and O–H groups in total. The van der Waals surface area contributed by atoms with Gasteiger partial charge in [-0.15, -0.1) is 0 Å². The number of carbonyl (C=O) groups is 2. The van der Waals surface area contributed by atoms with E-state index in [1.54, 1.807) is 0 Å². The number of allylic oxidation sites excluding steroid dienone is 2. The molecule has 0 heterocycles. The van der Waals surface area contributed by atoms with Gasteiger partial charge in [0.2, 0.25) is 0 Å². The molecule has 0 spiro atoms. The molecule has 4 heteroatoms. The molecule has 134 valence electrons. The van der Waals surface area contributed by atoms with Crippen LogP contribution in [-0.4, -0.2) is 16.7 Å². The van der Waals surface area contributed by atoms with E-state index in [0.29, 0.717) is 31.4 Å². The van der Waals surface area contributed by atoms with Gasteiger partial charge in [0.1, 0.15) is 17.3 Å². The van der Waals surface area contributed by atoms with Gasteiger partial charge in [-0.2, -0.15) is 0 Å². The highest BCUT2D eigenvalue weighted by atomic mass is 16.5. The van der Waals surface area contributed by atoms with Crippen LogP contribution in [0.3, 0.4) is 0 Å². The third kappa shape index (κ3) is 5.06. The van der Waals surface area contributed by atoms with Gasteiger partial charge >= 0.3 is 0 Å². The molecule has 2 aromatic rings. The Morgan fingerprint density at radius 1 is 1.12 bits per heavy atom. The maximum Gasteiger partial charge on any atom is 0.159 e. The normalized spacial score (nSPS) is 16.9. The first-order valence-electron chi connectivity index (χ1n) is 8.75. The van der Waals surface area contributed by atoms with Crippen LogP contribution in [0.4, 0.5) is 0 Å². The van der Waals surface area contributed by atoms with Crippen LogP contribution in [0.15, 0.2) is 60.4 Å². The lowest BCUT2D eigenvalue weighted by Crippen LogP contribution is -2.18. The van der Waals surface area contributed by atoms with E-state index >= 15 is 0 Å². The monoisotopic (exact) mass is 350 g/mol. The van der Waals surface area contributed by atoms with Crippen molar-refractivity contribution < 1.29 is 19.4 Å². The fourth-order valence-electron chi connectivity index (χ4n) is 3.18. The van der Waals surface area contributed by atoms with Crippen molar-refractivity contribution in [1.29, 1.82) is 0 Å². The Labute approximate surface area is 153 Å². The molecular formula is C22H22O4. The molecule has 0 radical (unpaired) electrons. The van der Waals surface area contributed by atoms with Gasteiger partial charge in [0.15, 0.2) is 5.78 Å². The van der Waals surface area contributed by atoms with Crippen molar-refractivity contribution in [2.75, 3.05) is 0 Å². The quantitative estimate of drug-likeness (QED) is 0.819. The van der Waals surface area contributed by atoms with Crippen LogP contribution in [0.2, 0.25) is 0 Å². The number of aliphatic hydroxyl groups excluding tert-OH is 1. The molecule has 0 bridgehead atoms. The van der Waals surface area contributed by atoms with Crippen molar-refractivity contribution in [2.45, 2.75) is 32.6 Å². The molecule has 2 aromatic carbocycles. The first-order valence-corrected chi connectivity index (χ1v) is 8.75. The summed E-state index contributed by atoms with van der Waals surface area (Å²) in [5.41, 5.74) is 2.04. The fraction of sp³-hybridized carbons (Fsp3) is 0.273. The standard InChI is InChI=1S/C22H22O4/c1-15-5-7-21(8-6-15)26-22-4-2-3-16(13-22)9-18(23)10-17-11-19(24)14-20(25)12-17/h2-8,13-14,17,24H,9-12H2,1H3. The summed E-state index contributed by atoms with van der Waals surface area (Å²) in [5, 5.41) is 9.56. The van der Waals surface area contributed by atoms with Crippen molar-refractivity contribution in [2.24, 2.45) is 5.92 Å². The van der Waals surface area contributed by atoms with E-state index < -0.39 is 0 Å². The summed E-state index contributed by atoms with van der Waals surface area (Å²) >= 11 is 0. The summed E-state index contributed by atoms with van der Waals surface area (Å²) in [6, 6.07) is 15.3. The molecule has 0 saturated carbocycles. The maximum atomic E-state index is 12.3. The van der Waals surface area contributed by atoms with E-state index in [1.807, 2.05) is 55.5 Å². The minimum Gasteiger partial charge on any atom is -0.512 e. The van der Waals surface area contributed by atoms with E-state index in [2.05, 4.69) is 0 Å². The Kier molecular flexibility index (Phi) is 5.52. The first-order chi connectivity index (χ1) is 12.5. The number of ketones is 2. The molecule has 0 amide bonds. The molecule has 3 rings (SSSR count). The molecule has 0 aromatic heterocycles. The van der Waals surface area contributed by atoms with Gasteiger partial charge in [-0.05, 0) is 42.7 Å². The lowest BCUT2D eigenvalue weighted by molar-refractivity contribution is -0.120. The van der Waals surface area contributed by atoms with Gasteiger partial charge in [0.05, 0.1) is 5.76 Å². The molecule has 26 heavy (non-hydrogen) atoms. The number of Topliss-reactive ketones (excluding diaryl/α,β-unsaturated/α-hetero) is 1. The van der Waals surface area contributed by atoms with Gasteiger partial charge < -0.3 is 9.84 Å². The number of hydrogen-bond acceptors (Lipinski definition) is 4. The van der Waals surface area contributed by atoms with Crippen LogP contribution in [-0.2, 0) is 16.0 Å². The van der Waals surface area contributed by atoms with E-state index in [0.717, 1.165) is 11.3 Å². The minimum atomic E-state index is -0.111. The largest absolute Gasteiger partial charge is 0.512 e. The summed E-state index contributed by atoms with van der Waals surface area (Å²) in [6.45, 7) is 2.02. The Morgan fingerprint density at radius 2 is 1.88 bits per heavy atom. The number of hydrogen-bond donors (Lipinski definition) is 1. The lowest BCUT2D eigenvalue weighted by Gasteiger charge is -2.18. The summed E-state index contributed by atoms with van der Waals surface area (Å²) in [6.07, 6.45) is 2.57. The third-order valence-corrected chi connectivity index (χ3v) is 4.39. The molecule has 1 atom stereocenters. The zero-order chi connectivity index (χ0) is 18.5. The SMILES string of the molecule is Cc1ccc(Oc2cccc(CC(=O)CC3CC(=O)C=C(O)C3)c2)cc1. The topological polar surface area (TPSA) is 63.6 Å². The zero-order valence-electron chi connectivity index (χ0n) is 14.8. The smallest absolute Gasteiger partial charge is 0.159 e. The molecule has 0 aliphatic heterocycles. The summed E-state index contributed by atoms with van der Waals surface area (Å²) in [4.78, 5) is 23.8. The van der Waals surface area contributed by atoms with Crippen LogP contribution < -0.4 is 4.74 Å². The first kappa shape index (κ1) is 17.9. The predicted octanol–water partition coefficient (Wildman–Crippen LogP) is 4.71. The highest BCUT2D eigenvalue weighted by Crippen LogP contribution is 2.26. The number of ether oxygens (including phenoxy) is 1. The molecule has 4 nitrogen and oxygen atoms in total. The second kappa shape index (κ2) is 8.00. The predicted molar refractivity (Wildman–Crippen MR) is 99.5 cm³/mol. The Hall–Kier alpha value is -2.88. The van der Waals surface area contributed by atoms with E-state index in [9.17, 15) is 14.7 Å². The maximum absolute atomic E-state index is 12.3. The Morgan fingerprint density at radius 3 is 2.62 bits per heavy atom. The van der Waals surface area contributed by atoms with Crippen molar-refractivity contribution in [3.63, 3.8) is 0 Å². The minimum absolute atomic E-state index is 0.0602. The summed E-state index contributed by atoms with van der Waals surface area (Å²) < 4.78 is 5.84. The Bertz CT molecular complexity index is 833. The van der Waals surface area contributed by atoms with Gasteiger partial charge in [-0.3, -0.25) is 9.59 Å². The van der Waals surface area contributed by atoms with Gasteiger partial charge in [0.25, 0.3) is 0 Å². The van der Waals surface area contributed by atoms with Gasteiger partial charge in [-0.1, -0.05) is 29.8 Å². The highest BCUT2D eigenvalue weighted by Gasteiger charge is 2.22. The number of carbonyl (C=O) groups excluding carboxylic acids is 2. The zero-order valence-corrected chi connectivity index (χ0v) is 14.8. The third-order valence-electron chi connectivity index (χ3n) is 4.39. The molecule has 1 aliphatic rings. The van der Waals surface area contributed by atoms with E-state index in [-0.39, 0.29) is 23.2 Å². The fourth-order valence-corrected chi connectivity index (χ4v) is 3.18. The van der Waals surface area contributed by atoms with Crippen LogP contribution in [0, 0.1) is 12.8 Å². The molecule has 1 unspecified atom stereocenters. The molecular weight excluding hydrogens is 328 g/mol. The molecule has 0 fully saturated rings. The van der Waals surface area contributed by atoms with Crippen molar-refractivity contribution >= 4 is 11.6 Å². The van der Waals surface area contributed by atoms with E-state index in [1.165, 1.54) is 11.6 Å². The molecule has 1 aliphatic carbocycles. The Balaban J connectivity index is 1.59. The second-order valence-electron chi connectivity index (χ2n) is 6.86. The van der Waals surface area contributed by atoms with Crippen molar-refractivity contribution in [3.8, 4) is 11.5 Å². The van der Waals surface area contributed by atoms with E-state index in [4.69, 9.17) is 4.74 Å². The average Bonchev–Trinajstić information content (AvgIpc) is 2.56. The van der Waals surface area contributed by atoms with Gasteiger partial charge in [0, 0.05) is 31.8 Å². The average molecular weight is 350 g/mol. The van der Waals surface area contributed by atoms with Crippen LogP contribution >= 0.6 is 0 Å². The highest BCUT2D eigenvalue weighted by molar-refractivity contribution is 5.91. The van der Waals surface area contributed by atoms with Crippen molar-refractivity contribution in [3.05, 3.63) is 71.5 Å².